The van der Waals surface area contributed by atoms with Gasteiger partial charge in [-0.15, -0.1) is 0 Å². The van der Waals surface area contributed by atoms with Crippen LogP contribution in [-0.4, -0.2) is 35.9 Å². The van der Waals surface area contributed by atoms with Crippen molar-refractivity contribution in [2.45, 2.75) is 3.78 Å². The fourth-order valence-electron chi connectivity index (χ4n) is 2.39. The highest BCUT2D eigenvalue weighted by Gasteiger charge is 2.37. The zero-order valence-corrected chi connectivity index (χ0v) is 13.8. The van der Waals surface area contributed by atoms with Crippen LogP contribution in [0.1, 0.15) is 0 Å². The number of hydrogen-bond donors (Lipinski definition) is 3. The van der Waals surface area contributed by atoms with Gasteiger partial charge in [0.25, 0.3) is 5.91 Å². The Bertz CT molecular complexity index is 552. The fourth-order valence-corrected chi connectivity index (χ4v) is 3.56. The minimum Gasteiger partial charge on any atom is -0.367 e. The largest absolute Gasteiger partial charge is 0.367 e. The van der Waals surface area contributed by atoms with Crippen molar-refractivity contribution in [3.63, 3.8) is 0 Å². The maximum atomic E-state index is 12.5. The van der Waals surface area contributed by atoms with Crippen LogP contribution in [0.25, 0.3) is 0 Å². The maximum absolute atomic E-state index is 12.5. The second-order valence-electron chi connectivity index (χ2n) is 4.87. The van der Waals surface area contributed by atoms with E-state index in [1.54, 1.807) is 6.20 Å². The lowest BCUT2D eigenvalue weighted by Crippen LogP contribution is -2.45. The molecule has 1 unspecified atom stereocenters. The number of carbonyl (C=O) groups is 1. The molecular weight excluding hydrogens is 352 g/mol. The van der Waals surface area contributed by atoms with Crippen LogP contribution in [0.2, 0.25) is 0 Å². The van der Waals surface area contributed by atoms with Gasteiger partial charge < -0.3 is 20.9 Å². The molecule has 2 aliphatic rings. The molecule has 0 radical (unpaired) electrons. The molecule has 0 spiro atoms. The number of piperazine rings is 1. The third kappa shape index (κ3) is 3.20. The summed E-state index contributed by atoms with van der Waals surface area (Å²) in [6.45, 7) is 3.82. The van der Waals surface area contributed by atoms with Crippen molar-refractivity contribution in [1.82, 2.24) is 10.6 Å². The number of para-hydroxylation sites is 2. The van der Waals surface area contributed by atoms with E-state index in [1.165, 1.54) is 11.8 Å². The SMILES string of the molecule is O=C(Nc1ccccc1N1CCNCC1)C1(Br)NC=CS1. The number of carbonyl (C=O) groups excluding carboxylic acids is 1. The van der Waals surface area contributed by atoms with Crippen molar-refractivity contribution in [3.8, 4) is 0 Å². The van der Waals surface area contributed by atoms with Crippen LogP contribution >= 0.6 is 27.7 Å². The first-order valence-corrected chi connectivity index (χ1v) is 8.52. The molecule has 1 atom stereocenters. The van der Waals surface area contributed by atoms with Crippen LogP contribution < -0.4 is 20.9 Å². The van der Waals surface area contributed by atoms with Crippen LogP contribution in [-0.2, 0) is 4.79 Å². The number of rotatable bonds is 3. The van der Waals surface area contributed by atoms with Gasteiger partial charge in [0.1, 0.15) is 0 Å². The third-order valence-electron chi connectivity index (χ3n) is 3.47. The summed E-state index contributed by atoms with van der Waals surface area (Å²) in [4.78, 5) is 14.8. The lowest BCUT2D eigenvalue weighted by atomic mass is 10.2. The van der Waals surface area contributed by atoms with Gasteiger partial charge in [0.15, 0.2) is 0 Å². The number of halogens is 1. The Hall–Kier alpha value is -1.18. The number of hydrogen-bond acceptors (Lipinski definition) is 5. The van der Waals surface area contributed by atoms with Gasteiger partial charge in [0, 0.05) is 32.4 Å². The molecule has 1 fully saturated rings. The molecule has 1 aromatic carbocycles. The molecule has 0 bridgehead atoms. The molecule has 0 aliphatic carbocycles. The van der Waals surface area contributed by atoms with Crippen molar-refractivity contribution in [2.24, 2.45) is 0 Å². The van der Waals surface area contributed by atoms with Gasteiger partial charge in [-0.2, -0.15) is 0 Å². The molecule has 112 valence electrons. The summed E-state index contributed by atoms with van der Waals surface area (Å²) >= 11 is 4.85. The second kappa shape index (κ2) is 6.29. The Morgan fingerprint density at radius 2 is 2.10 bits per heavy atom. The summed E-state index contributed by atoms with van der Waals surface area (Å²) in [7, 11) is 0. The molecule has 7 heteroatoms. The molecule has 0 saturated carbocycles. The normalized spacial score (nSPS) is 24.7. The summed E-state index contributed by atoms with van der Waals surface area (Å²) < 4.78 is -0.816. The van der Waals surface area contributed by atoms with E-state index in [0.717, 1.165) is 37.6 Å². The topological polar surface area (TPSA) is 56.4 Å². The molecule has 0 aromatic heterocycles. The quantitative estimate of drug-likeness (QED) is 0.561. The van der Waals surface area contributed by atoms with Crippen LogP contribution in [0.5, 0.6) is 0 Å². The van der Waals surface area contributed by atoms with Crippen molar-refractivity contribution >= 4 is 45.0 Å². The molecule has 3 rings (SSSR count). The predicted octanol–water partition coefficient (Wildman–Crippen LogP) is 1.89. The van der Waals surface area contributed by atoms with Gasteiger partial charge in [0.2, 0.25) is 3.78 Å². The minimum absolute atomic E-state index is 0.111. The molecule has 1 saturated heterocycles. The Balaban J connectivity index is 1.77. The van der Waals surface area contributed by atoms with Crippen LogP contribution in [0, 0.1) is 0 Å². The van der Waals surface area contributed by atoms with Crippen molar-refractivity contribution < 1.29 is 4.79 Å². The van der Waals surface area contributed by atoms with Gasteiger partial charge in [-0.05, 0) is 33.5 Å². The lowest BCUT2D eigenvalue weighted by Gasteiger charge is -2.31. The Kier molecular flexibility index (Phi) is 4.42. The first-order chi connectivity index (χ1) is 10.2. The zero-order chi connectivity index (χ0) is 14.7. The highest BCUT2D eigenvalue weighted by Crippen LogP contribution is 2.36. The average Bonchev–Trinajstić information content (AvgIpc) is 2.97. The highest BCUT2D eigenvalue weighted by molar-refractivity contribution is 9.12. The number of nitrogens with one attached hydrogen (secondary N) is 3. The van der Waals surface area contributed by atoms with Gasteiger partial charge in [-0.3, -0.25) is 4.79 Å². The zero-order valence-electron chi connectivity index (χ0n) is 11.4. The number of anilines is 2. The second-order valence-corrected chi connectivity index (χ2v) is 7.70. The smallest absolute Gasteiger partial charge is 0.272 e. The van der Waals surface area contributed by atoms with E-state index in [4.69, 9.17) is 0 Å². The molecule has 21 heavy (non-hydrogen) atoms. The van der Waals surface area contributed by atoms with Crippen molar-refractivity contribution in [3.05, 3.63) is 35.9 Å². The van der Waals surface area contributed by atoms with Gasteiger partial charge in [0.05, 0.1) is 11.4 Å². The molecule has 1 amide bonds. The van der Waals surface area contributed by atoms with E-state index in [2.05, 4.69) is 42.8 Å². The maximum Gasteiger partial charge on any atom is 0.272 e. The van der Waals surface area contributed by atoms with Gasteiger partial charge in [-0.25, -0.2) is 0 Å². The summed E-state index contributed by atoms with van der Waals surface area (Å²) in [5.74, 6) is -0.111. The minimum atomic E-state index is -0.816. The summed E-state index contributed by atoms with van der Waals surface area (Å²) in [6, 6.07) is 7.94. The summed E-state index contributed by atoms with van der Waals surface area (Å²) in [6.07, 6.45) is 1.77. The van der Waals surface area contributed by atoms with Crippen molar-refractivity contribution in [1.29, 1.82) is 0 Å². The first-order valence-electron chi connectivity index (χ1n) is 6.85. The molecule has 5 nitrogen and oxygen atoms in total. The van der Waals surface area contributed by atoms with Crippen molar-refractivity contribution in [2.75, 3.05) is 36.4 Å². The molecule has 2 aliphatic heterocycles. The molecule has 3 N–H and O–H groups in total. The van der Waals surface area contributed by atoms with Crippen LogP contribution in [0.3, 0.4) is 0 Å². The van der Waals surface area contributed by atoms with Crippen LogP contribution in [0.4, 0.5) is 11.4 Å². The highest BCUT2D eigenvalue weighted by atomic mass is 79.9. The Morgan fingerprint density at radius 3 is 2.81 bits per heavy atom. The van der Waals surface area contributed by atoms with E-state index in [0.29, 0.717) is 0 Å². The predicted molar refractivity (Wildman–Crippen MR) is 91.7 cm³/mol. The number of benzene rings is 1. The molecule has 1 aromatic rings. The third-order valence-corrected chi connectivity index (χ3v) is 5.52. The Labute approximate surface area is 136 Å². The lowest BCUT2D eigenvalue weighted by molar-refractivity contribution is -0.116. The standard InChI is InChI=1S/C14H17BrN4OS/c15-14(17-7-10-21-14)13(20)18-11-3-1-2-4-12(11)19-8-5-16-6-9-19/h1-4,7,10,16-17H,5-6,8-9H2,(H,18,20). The number of amides is 1. The van der Waals surface area contributed by atoms with Gasteiger partial charge in [-0.1, -0.05) is 23.9 Å². The monoisotopic (exact) mass is 368 g/mol. The molecule has 2 heterocycles. The number of alkyl halides is 1. The Morgan fingerprint density at radius 1 is 1.33 bits per heavy atom. The van der Waals surface area contributed by atoms with E-state index < -0.39 is 3.78 Å². The van der Waals surface area contributed by atoms with E-state index in [-0.39, 0.29) is 5.91 Å². The van der Waals surface area contributed by atoms with E-state index >= 15 is 0 Å². The summed E-state index contributed by atoms with van der Waals surface area (Å²) in [5.41, 5.74) is 1.91. The number of nitrogens with zero attached hydrogens (tertiary/aromatic N) is 1. The van der Waals surface area contributed by atoms with E-state index in [9.17, 15) is 4.79 Å². The van der Waals surface area contributed by atoms with Crippen LogP contribution in [0.15, 0.2) is 35.9 Å². The summed E-state index contributed by atoms with van der Waals surface area (Å²) in [5, 5.41) is 11.2. The molecular formula is C14H17BrN4OS. The first kappa shape index (κ1) is 14.7. The average molecular weight is 369 g/mol. The number of thioether (sulfide) groups is 1. The van der Waals surface area contributed by atoms with E-state index in [1.807, 2.05) is 23.6 Å². The fraction of sp³-hybridized carbons (Fsp3) is 0.357. The van der Waals surface area contributed by atoms with Gasteiger partial charge >= 0.3 is 0 Å².